The predicted octanol–water partition coefficient (Wildman–Crippen LogP) is 7.48. The first-order chi connectivity index (χ1) is 21.3. The molecule has 0 bridgehead atoms. The van der Waals surface area contributed by atoms with Crippen molar-refractivity contribution >= 4 is 49.7 Å². The van der Waals surface area contributed by atoms with Crippen molar-refractivity contribution in [3.8, 4) is 23.1 Å². The summed E-state index contributed by atoms with van der Waals surface area (Å²) in [7, 11) is 0. The summed E-state index contributed by atoms with van der Waals surface area (Å²) in [5, 5.41) is 17.6. The monoisotopic (exact) mass is 656 g/mol. The van der Waals surface area contributed by atoms with Crippen LogP contribution in [0, 0.1) is 15.9 Å². The van der Waals surface area contributed by atoms with E-state index in [0.717, 1.165) is 14.5 Å². The van der Waals surface area contributed by atoms with E-state index in [1.807, 2.05) is 12.1 Å². The standard InChI is InChI=1S/C32H22BrFN4O6/c1-2-42-28-14-20(13-26(38(40)41)30(28)43-18-19-7-10-23(34)11-8-19)17-35-37-31(36-25-6-4-3-5-24(25)32(37)39)29-16-21-15-22(33)9-12-27(21)44-29/h3-17H,2,18H2,1H3. The SMILES string of the molecule is CCOc1cc(C=Nn2c(-c3cc4cc(Br)ccc4o3)nc3ccccc3c2=O)cc([N+](=O)[O-])c1OCc1ccc(F)cc1. The number of hydrogen-bond acceptors (Lipinski definition) is 8. The van der Waals surface area contributed by atoms with Crippen molar-refractivity contribution in [2.24, 2.45) is 5.10 Å². The molecule has 0 aliphatic carbocycles. The van der Waals surface area contributed by atoms with Crippen LogP contribution in [-0.2, 0) is 6.61 Å². The van der Waals surface area contributed by atoms with E-state index in [-0.39, 0.29) is 41.8 Å². The number of aromatic nitrogens is 2. The topological polar surface area (TPSA) is 122 Å². The van der Waals surface area contributed by atoms with Gasteiger partial charge in [0.05, 0.1) is 28.6 Å². The number of ether oxygens (including phenoxy) is 2. The largest absolute Gasteiger partial charge is 0.490 e. The highest BCUT2D eigenvalue weighted by molar-refractivity contribution is 9.10. The Morgan fingerprint density at radius 3 is 2.64 bits per heavy atom. The minimum absolute atomic E-state index is 0.0514. The van der Waals surface area contributed by atoms with Crippen LogP contribution in [0.3, 0.4) is 0 Å². The molecule has 6 rings (SSSR count). The summed E-state index contributed by atoms with van der Waals surface area (Å²) in [5.41, 5.74) is 1.11. The van der Waals surface area contributed by atoms with Crippen LogP contribution in [0.2, 0.25) is 0 Å². The second-order valence-electron chi connectivity index (χ2n) is 9.58. The maximum absolute atomic E-state index is 13.6. The average Bonchev–Trinajstić information content (AvgIpc) is 3.44. The number of nitrogens with zero attached hydrogens (tertiary/aromatic N) is 4. The molecule has 0 radical (unpaired) electrons. The minimum Gasteiger partial charge on any atom is -0.490 e. The number of para-hydroxylation sites is 1. The molecular weight excluding hydrogens is 635 g/mol. The first kappa shape index (κ1) is 28.7. The Labute approximate surface area is 257 Å². The van der Waals surface area contributed by atoms with Crippen LogP contribution in [0.25, 0.3) is 33.5 Å². The van der Waals surface area contributed by atoms with Crippen LogP contribution in [0.15, 0.2) is 104 Å². The summed E-state index contributed by atoms with van der Waals surface area (Å²) in [6.07, 6.45) is 1.31. The number of rotatable bonds is 9. The van der Waals surface area contributed by atoms with E-state index >= 15 is 0 Å². The van der Waals surface area contributed by atoms with Crippen molar-refractivity contribution in [1.82, 2.24) is 9.66 Å². The summed E-state index contributed by atoms with van der Waals surface area (Å²) in [6.45, 7) is 1.88. The highest BCUT2D eigenvalue weighted by Gasteiger charge is 2.23. The Morgan fingerprint density at radius 1 is 1.07 bits per heavy atom. The van der Waals surface area contributed by atoms with Gasteiger partial charge in [0.1, 0.15) is 18.0 Å². The van der Waals surface area contributed by atoms with E-state index < -0.39 is 16.3 Å². The van der Waals surface area contributed by atoms with Crippen LogP contribution < -0.4 is 15.0 Å². The molecule has 12 heteroatoms. The zero-order valence-corrected chi connectivity index (χ0v) is 24.7. The van der Waals surface area contributed by atoms with Gasteiger partial charge in [-0.05, 0) is 67.1 Å². The van der Waals surface area contributed by atoms with Crippen molar-refractivity contribution < 1.29 is 23.2 Å². The van der Waals surface area contributed by atoms with Crippen LogP contribution in [0.5, 0.6) is 11.5 Å². The lowest BCUT2D eigenvalue weighted by atomic mass is 10.1. The van der Waals surface area contributed by atoms with E-state index in [2.05, 4.69) is 26.0 Å². The molecule has 44 heavy (non-hydrogen) atoms. The Morgan fingerprint density at radius 2 is 1.86 bits per heavy atom. The van der Waals surface area contributed by atoms with E-state index in [1.165, 1.54) is 42.6 Å². The van der Waals surface area contributed by atoms with Gasteiger partial charge in [0, 0.05) is 21.5 Å². The fourth-order valence-corrected chi connectivity index (χ4v) is 4.98. The fourth-order valence-electron chi connectivity index (χ4n) is 4.60. The molecule has 0 saturated carbocycles. The second-order valence-corrected chi connectivity index (χ2v) is 10.5. The lowest BCUT2D eigenvalue weighted by Crippen LogP contribution is -2.20. The summed E-state index contributed by atoms with van der Waals surface area (Å²) in [6, 6.07) is 22.5. The maximum Gasteiger partial charge on any atom is 0.315 e. The van der Waals surface area contributed by atoms with Gasteiger partial charge in [-0.2, -0.15) is 9.78 Å². The number of fused-ring (bicyclic) bond motifs is 2. The molecule has 4 aromatic carbocycles. The van der Waals surface area contributed by atoms with E-state index in [4.69, 9.17) is 13.9 Å². The maximum atomic E-state index is 13.6. The summed E-state index contributed by atoms with van der Waals surface area (Å²) in [4.78, 5) is 29.8. The molecule has 0 saturated heterocycles. The van der Waals surface area contributed by atoms with Gasteiger partial charge >= 0.3 is 5.69 Å². The highest BCUT2D eigenvalue weighted by atomic mass is 79.9. The molecule has 0 unspecified atom stereocenters. The molecule has 0 aliphatic rings. The van der Waals surface area contributed by atoms with E-state index in [9.17, 15) is 19.3 Å². The first-order valence-corrected chi connectivity index (χ1v) is 14.2. The zero-order valence-electron chi connectivity index (χ0n) is 23.1. The third kappa shape index (κ3) is 5.79. The number of nitro benzene ring substituents is 1. The van der Waals surface area contributed by atoms with E-state index in [1.54, 1.807) is 43.3 Å². The fraction of sp³-hybridized carbons (Fsp3) is 0.0938. The van der Waals surface area contributed by atoms with Crippen LogP contribution in [0.4, 0.5) is 10.1 Å². The van der Waals surface area contributed by atoms with Crippen molar-refractivity contribution in [3.63, 3.8) is 0 Å². The molecule has 6 aromatic rings. The highest BCUT2D eigenvalue weighted by Crippen LogP contribution is 2.39. The van der Waals surface area contributed by atoms with Crippen molar-refractivity contribution in [2.45, 2.75) is 13.5 Å². The lowest BCUT2D eigenvalue weighted by Gasteiger charge is -2.13. The summed E-state index contributed by atoms with van der Waals surface area (Å²) in [5.74, 6) is 0.0738. The zero-order chi connectivity index (χ0) is 30.8. The molecule has 0 amide bonds. The van der Waals surface area contributed by atoms with Gasteiger partial charge in [-0.25, -0.2) is 9.37 Å². The van der Waals surface area contributed by atoms with Gasteiger partial charge in [0.2, 0.25) is 11.6 Å². The van der Waals surface area contributed by atoms with Gasteiger partial charge in [0.25, 0.3) is 5.56 Å². The molecule has 0 atom stereocenters. The van der Waals surface area contributed by atoms with Crippen molar-refractivity contribution in [3.05, 3.63) is 127 Å². The Hall–Kier alpha value is -5.36. The summed E-state index contributed by atoms with van der Waals surface area (Å²) >= 11 is 3.45. The predicted molar refractivity (Wildman–Crippen MR) is 167 cm³/mol. The number of furan rings is 1. The third-order valence-electron chi connectivity index (χ3n) is 6.63. The van der Waals surface area contributed by atoms with Crippen LogP contribution in [-0.4, -0.2) is 27.4 Å². The van der Waals surface area contributed by atoms with Crippen molar-refractivity contribution in [2.75, 3.05) is 6.61 Å². The molecular formula is C32H22BrFN4O6. The average molecular weight is 657 g/mol. The summed E-state index contributed by atoms with van der Waals surface area (Å²) < 4.78 is 32.8. The first-order valence-electron chi connectivity index (χ1n) is 13.4. The number of hydrogen-bond donors (Lipinski definition) is 0. The van der Waals surface area contributed by atoms with Gasteiger partial charge in [0.15, 0.2) is 11.5 Å². The second kappa shape index (κ2) is 12.1. The molecule has 0 aliphatic heterocycles. The van der Waals surface area contributed by atoms with Gasteiger partial charge in [-0.1, -0.05) is 40.2 Å². The number of halogens is 2. The Kier molecular flexibility index (Phi) is 7.90. The normalized spacial score (nSPS) is 11.4. The third-order valence-corrected chi connectivity index (χ3v) is 7.12. The van der Waals surface area contributed by atoms with Crippen LogP contribution in [0.1, 0.15) is 18.1 Å². The molecule has 2 aromatic heterocycles. The lowest BCUT2D eigenvalue weighted by molar-refractivity contribution is -0.386. The quantitative estimate of drug-likeness (QED) is 0.0898. The number of benzene rings is 4. The van der Waals surface area contributed by atoms with Gasteiger partial charge < -0.3 is 13.9 Å². The smallest absolute Gasteiger partial charge is 0.315 e. The van der Waals surface area contributed by atoms with E-state index in [0.29, 0.717) is 27.8 Å². The minimum atomic E-state index is -0.596. The molecule has 2 heterocycles. The Balaban J connectivity index is 1.44. The molecule has 220 valence electrons. The van der Waals surface area contributed by atoms with Crippen molar-refractivity contribution in [1.29, 1.82) is 0 Å². The van der Waals surface area contributed by atoms with Gasteiger partial charge in [-0.3, -0.25) is 14.9 Å². The Bertz CT molecular complexity index is 2120. The molecule has 0 N–H and O–H groups in total. The number of nitro groups is 1. The molecule has 0 spiro atoms. The van der Waals surface area contributed by atoms with Gasteiger partial charge in [-0.15, -0.1) is 0 Å². The van der Waals surface area contributed by atoms with Crippen LogP contribution >= 0.6 is 15.9 Å². The molecule has 0 fully saturated rings. The molecule has 10 nitrogen and oxygen atoms in total.